The molecule has 0 atom stereocenters. The number of piperidine rings is 1. The highest BCUT2D eigenvalue weighted by atomic mass is 79.9. The highest BCUT2D eigenvalue weighted by Crippen LogP contribution is 2.18. The van der Waals surface area contributed by atoms with Gasteiger partial charge in [-0.2, -0.15) is 0 Å². The summed E-state index contributed by atoms with van der Waals surface area (Å²) in [5.41, 5.74) is 0.716. The lowest BCUT2D eigenvalue weighted by atomic mass is 9.97. The summed E-state index contributed by atoms with van der Waals surface area (Å²) in [7, 11) is 0. The van der Waals surface area contributed by atoms with E-state index < -0.39 is 0 Å². The molecule has 1 aromatic rings. The molecule has 0 unspecified atom stereocenters. The molecular formula is C15H21BrN2O. The first-order valence-electron chi connectivity index (χ1n) is 6.95. The van der Waals surface area contributed by atoms with Crippen LogP contribution in [0, 0.1) is 5.92 Å². The maximum atomic E-state index is 12.1. The second-order valence-corrected chi connectivity index (χ2v) is 5.92. The van der Waals surface area contributed by atoms with Gasteiger partial charge in [0.15, 0.2) is 0 Å². The molecule has 0 aromatic heterocycles. The Balaban J connectivity index is 1.80. The van der Waals surface area contributed by atoms with Crippen molar-refractivity contribution in [1.82, 2.24) is 10.2 Å². The fraction of sp³-hybridized carbons (Fsp3) is 0.533. The number of nitrogens with zero attached hydrogens (tertiary/aromatic N) is 1. The van der Waals surface area contributed by atoms with Gasteiger partial charge in [0.2, 0.25) is 0 Å². The van der Waals surface area contributed by atoms with Crippen LogP contribution in [-0.2, 0) is 0 Å². The molecule has 1 heterocycles. The molecule has 1 aliphatic heterocycles. The fourth-order valence-electron chi connectivity index (χ4n) is 2.48. The van der Waals surface area contributed by atoms with Crippen LogP contribution in [0.1, 0.15) is 30.1 Å². The second kappa shape index (κ2) is 7.06. The number of benzene rings is 1. The zero-order valence-electron chi connectivity index (χ0n) is 11.4. The lowest BCUT2D eigenvalue weighted by Crippen LogP contribution is -2.38. The van der Waals surface area contributed by atoms with Gasteiger partial charge in [-0.3, -0.25) is 4.79 Å². The minimum absolute atomic E-state index is 0.0189. The van der Waals surface area contributed by atoms with Crippen LogP contribution in [0.3, 0.4) is 0 Å². The number of amides is 1. The molecule has 1 aromatic carbocycles. The number of carbonyl (C=O) groups excluding carboxylic acids is 1. The van der Waals surface area contributed by atoms with Crippen LogP contribution >= 0.6 is 15.9 Å². The first-order valence-corrected chi connectivity index (χ1v) is 7.75. The summed E-state index contributed by atoms with van der Waals surface area (Å²) >= 11 is 3.41. The molecule has 1 fully saturated rings. The molecule has 4 heteroatoms. The second-order valence-electron chi connectivity index (χ2n) is 5.07. The largest absolute Gasteiger partial charge is 0.352 e. The normalized spacial score (nSPS) is 17.4. The van der Waals surface area contributed by atoms with Crippen molar-refractivity contribution in [2.45, 2.75) is 19.8 Å². The quantitative estimate of drug-likeness (QED) is 0.923. The molecule has 3 nitrogen and oxygen atoms in total. The van der Waals surface area contributed by atoms with Gasteiger partial charge in [-0.1, -0.05) is 19.1 Å². The molecule has 19 heavy (non-hydrogen) atoms. The predicted octanol–water partition coefficient (Wildman–Crippen LogP) is 2.91. The smallest absolute Gasteiger partial charge is 0.252 e. The van der Waals surface area contributed by atoms with Gasteiger partial charge in [-0.25, -0.2) is 0 Å². The predicted molar refractivity (Wildman–Crippen MR) is 81.3 cm³/mol. The number of hydrogen-bond donors (Lipinski definition) is 1. The fourth-order valence-corrected chi connectivity index (χ4v) is 2.95. The van der Waals surface area contributed by atoms with Crippen LogP contribution in [0.15, 0.2) is 28.7 Å². The van der Waals surface area contributed by atoms with E-state index in [9.17, 15) is 4.79 Å². The maximum Gasteiger partial charge on any atom is 0.252 e. The Morgan fingerprint density at radius 1 is 1.37 bits per heavy atom. The third-order valence-electron chi connectivity index (χ3n) is 3.82. The lowest BCUT2D eigenvalue weighted by Gasteiger charge is -2.31. The van der Waals surface area contributed by atoms with Crippen molar-refractivity contribution in [3.63, 3.8) is 0 Å². The van der Waals surface area contributed by atoms with E-state index in [0.717, 1.165) is 30.7 Å². The molecule has 0 aliphatic carbocycles. The van der Waals surface area contributed by atoms with Gasteiger partial charge < -0.3 is 10.2 Å². The molecule has 104 valence electrons. The number of likely N-dealkylation sites (tertiary alicyclic amines) is 1. The van der Waals surface area contributed by atoms with E-state index in [1.807, 2.05) is 24.3 Å². The van der Waals surface area contributed by atoms with Crippen molar-refractivity contribution in [2.75, 3.05) is 26.2 Å². The summed E-state index contributed by atoms with van der Waals surface area (Å²) in [6, 6.07) is 7.55. The Kier molecular flexibility index (Phi) is 5.40. The lowest BCUT2D eigenvalue weighted by molar-refractivity contribution is 0.0936. The van der Waals surface area contributed by atoms with Crippen molar-refractivity contribution in [2.24, 2.45) is 5.92 Å². The van der Waals surface area contributed by atoms with E-state index >= 15 is 0 Å². The topological polar surface area (TPSA) is 32.3 Å². The van der Waals surface area contributed by atoms with Crippen LogP contribution < -0.4 is 5.32 Å². The first-order chi connectivity index (χ1) is 9.20. The maximum absolute atomic E-state index is 12.1. The van der Waals surface area contributed by atoms with Crippen molar-refractivity contribution in [1.29, 1.82) is 0 Å². The van der Waals surface area contributed by atoms with Crippen LogP contribution in [0.25, 0.3) is 0 Å². The third kappa shape index (κ3) is 4.05. The average molecular weight is 325 g/mol. The minimum Gasteiger partial charge on any atom is -0.352 e. The molecule has 2 rings (SSSR count). The zero-order chi connectivity index (χ0) is 13.7. The van der Waals surface area contributed by atoms with E-state index in [1.165, 1.54) is 12.8 Å². The summed E-state index contributed by atoms with van der Waals surface area (Å²) in [6.07, 6.45) is 2.37. The monoisotopic (exact) mass is 324 g/mol. The van der Waals surface area contributed by atoms with Crippen molar-refractivity contribution in [3.8, 4) is 0 Å². The molecule has 1 aliphatic rings. The highest BCUT2D eigenvalue weighted by Gasteiger charge is 2.19. The molecule has 0 spiro atoms. The molecule has 1 saturated heterocycles. The molecular weight excluding hydrogens is 304 g/mol. The van der Waals surface area contributed by atoms with Gasteiger partial charge in [-0.05, 0) is 66.5 Å². The van der Waals surface area contributed by atoms with Crippen molar-refractivity contribution < 1.29 is 4.79 Å². The third-order valence-corrected chi connectivity index (χ3v) is 4.52. The molecule has 0 bridgehead atoms. The van der Waals surface area contributed by atoms with Crippen molar-refractivity contribution >= 4 is 21.8 Å². The Bertz CT molecular complexity index is 428. The number of rotatable bonds is 4. The van der Waals surface area contributed by atoms with E-state index in [4.69, 9.17) is 0 Å². The van der Waals surface area contributed by atoms with Crippen LogP contribution in [-0.4, -0.2) is 37.0 Å². The Morgan fingerprint density at radius 3 is 2.68 bits per heavy atom. The van der Waals surface area contributed by atoms with E-state index in [-0.39, 0.29) is 5.91 Å². The van der Waals surface area contributed by atoms with Gasteiger partial charge in [0.25, 0.3) is 5.91 Å². The van der Waals surface area contributed by atoms with Gasteiger partial charge in [0, 0.05) is 11.0 Å². The molecule has 0 saturated carbocycles. The zero-order valence-corrected chi connectivity index (χ0v) is 12.9. The van der Waals surface area contributed by atoms with Crippen LogP contribution in [0.2, 0.25) is 0 Å². The number of halogens is 1. The molecule has 1 N–H and O–H groups in total. The first kappa shape index (κ1) is 14.5. The molecule has 1 amide bonds. The highest BCUT2D eigenvalue weighted by molar-refractivity contribution is 9.10. The summed E-state index contributed by atoms with van der Waals surface area (Å²) in [5, 5.41) is 3.05. The summed E-state index contributed by atoms with van der Waals surface area (Å²) in [4.78, 5) is 14.5. The Hall–Kier alpha value is -0.870. The van der Waals surface area contributed by atoms with Crippen LogP contribution in [0.4, 0.5) is 0 Å². The van der Waals surface area contributed by atoms with E-state index in [0.29, 0.717) is 11.5 Å². The van der Waals surface area contributed by atoms with Gasteiger partial charge in [0.05, 0.1) is 5.56 Å². The summed E-state index contributed by atoms with van der Waals surface area (Å²) in [6.45, 7) is 6.45. The SMILES string of the molecule is CCN1CCC(CNC(=O)c2ccccc2Br)CC1. The Morgan fingerprint density at radius 2 is 2.05 bits per heavy atom. The standard InChI is InChI=1S/C15H21BrN2O/c1-2-18-9-7-12(8-10-18)11-17-15(19)13-5-3-4-6-14(13)16/h3-6,12H,2,7-11H2,1H3,(H,17,19). The van der Waals surface area contributed by atoms with Crippen molar-refractivity contribution in [3.05, 3.63) is 34.3 Å². The number of hydrogen-bond acceptors (Lipinski definition) is 2. The van der Waals surface area contributed by atoms with Gasteiger partial charge in [0.1, 0.15) is 0 Å². The Labute approximate surface area is 123 Å². The van der Waals surface area contributed by atoms with E-state index in [2.05, 4.69) is 33.1 Å². The minimum atomic E-state index is 0.0189. The summed E-state index contributed by atoms with van der Waals surface area (Å²) in [5.74, 6) is 0.639. The van der Waals surface area contributed by atoms with Gasteiger partial charge >= 0.3 is 0 Å². The number of nitrogens with one attached hydrogen (secondary N) is 1. The van der Waals surface area contributed by atoms with Crippen LogP contribution in [0.5, 0.6) is 0 Å². The average Bonchev–Trinajstić information content (AvgIpc) is 2.46. The number of carbonyl (C=O) groups is 1. The molecule has 0 radical (unpaired) electrons. The summed E-state index contributed by atoms with van der Waals surface area (Å²) < 4.78 is 0.855. The van der Waals surface area contributed by atoms with E-state index in [1.54, 1.807) is 0 Å². The van der Waals surface area contributed by atoms with Gasteiger partial charge in [-0.15, -0.1) is 0 Å².